The summed E-state index contributed by atoms with van der Waals surface area (Å²) >= 11 is 0. The number of nitrogens with one attached hydrogen (secondary N) is 1. The standard InChI is InChI=1S/C15H20N4O2/c1-3-4-5-12(16)14(20)18-13-8-11(7-6-10(13)2)15-19-17-9-21-15/h6-9,12H,3-5,16H2,1-2H3,(H,18,20)/t12-/m0/s1. The zero-order valence-corrected chi connectivity index (χ0v) is 12.3. The monoisotopic (exact) mass is 288 g/mol. The molecule has 0 bridgehead atoms. The van der Waals surface area contributed by atoms with E-state index in [1.165, 1.54) is 6.39 Å². The summed E-state index contributed by atoms with van der Waals surface area (Å²) in [7, 11) is 0. The number of rotatable bonds is 6. The molecule has 0 saturated heterocycles. The molecule has 6 nitrogen and oxygen atoms in total. The first kappa shape index (κ1) is 15.2. The Morgan fingerprint density at radius 3 is 2.95 bits per heavy atom. The van der Waals surface area contributed by atoms with Crippen LogP contribution in [-0.4, -0.2) is 22.1 Å². The molecule has 0 spiro atoms. The first-order chi connectivity index (χ1) is 10.1. The van der Waals surface area contributed by atoms with Crippen LogP contribution in [-0.2, 0) is 4.79 Å². The molecule has 0 aliphatic heterocycles. The summed E-state index contributed by atoms with van der Waals surface area (Å²) in [6.07, 6.45) is 3.92. The Hall–Kier alpha value is -2.21. The summed E-state index contributed by atoms with van der Waals surface area (Å²) in [6.45, 7) is 3.99. The molecule has 1 amide bonds. The predicted octanol–water partition coefficient (Wildman–Crippen LogP) is 2.50. The van der Waals surface area contributed by atoms with Gasteiger partial charge in [0, 0.05) is 11.3 Å². The first-order valence-electron chi connectivity index (χ1n) is 7.05. The molecule has 2 aromatic rings. The topological polar surface area (TPSA) is 94.0 Å². The van der Waals surface area contributed by atoms with E-state index in [-0.39, 0.29) is 5.91 Å². The molecule has 1 atom stereocenters. The third-order valence-electron chi connectivity index (χ3n) is 3.31. The minimum absolute atomic E-state index is 0.172. The van der Waals surface area contributed by atoms with Gasteiger partial charge in [0.15, 0.2) is 0 Å². The molecular formula is C15H20N4O2. The lowest BCUT2D eigenvalue weighted by atomic mass is 10.1. The molecular weight excluding hydrogens is 268 g/mol. The molecule has 0 fully saturated rings. The van der Waals surface area contributed by atoms with Gasteiger partial charge in [-0.25, -0.2) is 0 Å². The van der Waals surface area contributed by atoms with Crippen molar-refractivity contribution in [1.82, 2.24) is 10.2 Å². The average Bonchev–Trinajstić information content (AvgIpc) is 3.01. The highest BCUT2D eigenvalue weighted by Crippen LogP contribution is 2.24. The maximum absolute atomic E-state index is 12.1. The van der Waals surface area contributed by atoms with Crippen LogP contribution in [0.3, 0.4) is 0 Å². The van der Waals surface area contributed by atoms with E-state index in [0.29, 0.717) is 18.0 Å². The number of unbranched alkanes of at least 4 members (excludes halogenated alkanes) is 1. The van der Waals surface area contributed by atoms with Crippen LogP contribution in [0.5, 0.6) is 0 Å². The van der Waals surface area contributed by atoms with Crippen molar-refractivity contribution in [3.8, 4) is 11.5 Å². The summed E-state index contributed by atoms with van der Waals surface area (Å²) in [6, 6.07) is 5.09. The second-order valence-electron chi connectivity index (χ2n) is 5.01. The summed E-state index contributed by atoms with van der Waals surface area (Å²) < 4.78 is 5.16. The van der Waals surface area contributed by atoms with Crippen molar-refractivity contribution in [2.24, 2.45) is 5.73 Å². The maximum atomic E-state index is 12.1. The molecule has 0 unspecified atom stereocenters. The molecule has 1 aromatic carbocycles. The van der Waals surface area contributed by atoms with Crippen molar-refractivity contribution in [2.45, 2.75) is 39.2 Å². The molecule has 2 rings (SSSR count). The van der Waals surface area contributed by atoms with Crippen LogP contribution in [0, 0.1) is 6.92 Å². The highest BCUT2D eigenvalue weighted by atomic mass is 16.4. The van der Waals surface area contributed by atoms with Crippen LogP contribution in [0.1, 0.15) is 31.7 Å². The fraction of sp³-hybridized carbons (Fsp3) is 0.400. The van der Waals surface area contributed by atoms with E-state index in [9.17, 15) is 4.79 Å². The molecule has 0 radical (unpaired) electrons. The molecule has 1 heterocycles. The Labute approximate surface area is 123 Å². The Morgan fingerprint density at radius 2 is 2.29 bits per heavy atom. The number of aromatic nitrogens is 2. The number of benzene rings is 1. The van der Waals surface area contributed by atoms with E-state index < -0.39 is 6.04 Å². The van der Waals surface area contributed by atoms with Crippen molar-refractivity contribution < 1.29 is 9.21 Å². The number of nitrogens with two attached hydrogens (primary N) is 1. The fourth-order valence-electron chi connectivity index (χ4n) is 1.97. The van der Waals surface area contributed by atoms with Gasteiger partial charge in [-0.2, -0.15) is 0 Å². The molecule has 6 heteroatoms. The largest absolute Gasteiger partial charge is 0.423 e. The molecule has 0 aliphatic rings. The van der Waals surface area contributed by atoms with E-state index >= 15 is 0 Å². The normalized spacial score (nSPS) is 12.1. The van der Waals surface area contributed by atoms with E-state index in [4.69, 9.17) is 10.2 Å². The molecule has 112 valence electrons. The van der Waals surface area contributed by atoms with Gasteiger partial charge in [0.25, 0.3) is 0 Å². The van der Waals surface area contributed by atoms with Crippen molar-refractivity contribution in [2.75, 3.05) is 5.32 Å². The Kier molecular flexibility index (Phi) is 5.05. The van der Waals surface area contributed by atoms with Crippen molar-refractivity contribution >= 4 is 11.6 Å². The number of aryl methyl sites for hydroxylation is 1. The van der Waals surface area contributed by atoms with Crippen molar-refractivity contribution in [3.05, 3.63) is 30.2 Å². The van der Waals surface area contributed by atoms with Crippen LogP contribution in [0.4, 0.5) is 5.69 Å². The molecule has 1 aromatic heterocycles. The van der Waals surface area contributed by atoms with Gasteiger partial charge in [-0.15, -0.1) is 10.2 Å². The SMILES string of the molecule is CCCC[C@H](N)C(=O)Nc1cc(-c2nnco2)ccc1C. The third kappa shape index (κ3) is 3.88. The van der Waals surface area contributed by atoms with E-state index in [2.05, 4.69) is 22.4 Å². The molecule has 3 N–H and O–H groups in total. The maximum Gasteiger partial charge on any atom is 0.247 e. The molecule has 21 heavy (non-hydrogen) atoms. The smallest absolute Gasteiger partial charge is 0.247 e. The lowest BCUT2D eigenvalue weighted by molar-refractivity contribution is -0.117. The highest BCUT2D eigenvalue weighted by Gasteiger charge is 2.15. The Balaban J connectivity index is 2.12. The van der Waals surface area contributed by atoms with Gasteiger partial charge < -0.3 is 15.5 Å². The lowest BCUT2D eigenvalue weighted by Crippen LogP contribution is -2.35. The van der Waals surface area contributed by atoms with Crippen molar-refractivity contribution in [3.63, 3.8) is 0 Å². The average molecular weight is 288 g/mol. The van der Waals surface area contributed by atoms with Gasteiger partial charge in [-0.1, -0.05) is 25.8 Å². The van der Waals surface area contributed by atoms with E-state index in [0.717, 1.165) is 24.0 Å². The zero-order valence-electron chi connectivity index (χ0n) is 12.3. The summed E-state index contributed by atoms with van der Waals surface area (Å²) in [5, 5.41) is 10.4. The summed E-state index contributed by atoms with van der Waals surface area (Å²) in [4.78, 5) is 12.1. The zero-order chi connectivity index (χ0) is 15.2. The van der Waals surface area contributed by atoms with Gasteiger partial charge >= 0.3 is 0 Å². The van der Waals surface area contributed by atoms with Crippen LogP contribution in [0.25, 0.3) is 11.5 Å². The van der Waals surface area contributed by atoms with Gasteiger partial charge in [0.1, 0.15) is 0 Å². The highest BCUT2D eigenvalue weighted by molar-refractivity contribution is 5.95. The Morgan fingerprint density at radius 1 is 1.48 bits per heavy atom. The van der Waals surface area contributed by atoms with Gasteiger partial charge in [0.2, 0.25) is 18.2 Å². The minimum Gasteiger partial charge on any atom is -0.423 e. The number of carbonyl (C=O) groups is 1. The number of anilines is 1. The quantitative estimate of drug-likeness (QED) is 0.851. The van der Waals surface area contributed by atoms with E-state index in [1.54, 1.807) is 0 Å². The van der Waals surface area contributed by atoms with Crippen LogP contribution < -0.4 is 11.1 Å². The first-order valence-corrected chi connectivity index (χ1v) is 7.05. The lowest BCUT2D eigenvalue weighted by Gasteiger charge is -2.14. The second-order valence-corrected chi connectivity index (χ2v) is 5.01. The number of amides is 1. The van der Waals surface area contributed by atoms with Crippen LogP contribution >= 0.6 is 0 Å². The van der Waals surface area contributed by atoms with Crippen molar-refractivity contribution in [1.29, 1.82) is 0 Å². The summed E-state index contributed by atoms with van der Waals surface area (Å²) in [5.74, 6) is 0.245. The fourth-order valence-corrected chi connectivity index (χ4v) is 1.97. The minimum atomic E-state index is -0.489. The molecule has 0 saturated carbocycles. The summed E-state index contributed by atoms with van der Waals surface area (Å²) in [5.41, 5.74) is 8.30. The molecule has 0 aliphatic carbocycles. The number of hydrogen-bond donors (Lipinski definition) is 2. The Bertz CT molecular complexity index is 596. The van der Waals surface area contributed by atoms with Gasteiger partial charge in [-0.3, -0.25) is 4.79 Å². The van der Waals surface area contributed by atoms with Crippen LogP contribution in [0.15, 0.2) is 29.0 Å². The predicted molar refractivity (Wildman–Crippen MR) is 80.6 cm³/mol. The number of hydrogen-bond acceptors (Lipinski definition) is 5. The van der Waals surface area contributed by atoms with Gasteiger partial charge in [0.05, 0.1) is 6.04 Å². The van der Waals surface area contributed by atoms with Crippen LogP contribution in [0.2, 0.25) is 0 Å². The second kappa shape index (κ2) is 6.99. The number of carbonyl (C=O) groups excluding carboxylic acids is 1. The number of nitrogens with zero attached hydrogens (tertiary/aromatic N) is 2. The third-order valence-corrected chi connectivity index (χ3v) is 3.31. The van der Waals surface area contributed by atoms with E-state index in [1.807, 2.05) is 25.1 Å². The van der Waals surface area contributed by atoms with Gasteiger partial charge in [-0.05, 0) is 31.0 Å².